The lowest BCUT2D eigenvalue weighted by Crippen LogP contribution is -1.99. The first-order chi connectivity index (χ1) is 69.3. The van der Waals surface area contributed by atoms with E-state index in [1.807, 2.05) is 104 Å². The van der Waals surface area contributed by atoms with E-state index in [-0.39, 0.29) is 0 Å². The van der Waals surface area contributed by atoms with Crippen LogP contribution in [0, 0.1) is 0 Å². The molecule has 0 spiro atoms. The third-order valence-electron chi connectivity index (χ3n) is 31.0. The third kappa shape index (κ3) is 11.0. The largest absolute Gasteiger partial charge is 0.291 e. The minimum atomic E-state index is 0.856. The van der Waals surface area contributed by atoms with E-state index in [9.17, 15) is 0 Å². The molecule has 0 radical (unpaired) electrons. The van der Waals surface area contributed by atoms with Crippen molar-refractivity contribution in [1.29, 1.82) is 0 Å². The highest BCUT2D eigenvalue weighted by atomic mass is 15.1. The summed E-state index contributed by atoms with van der Waals surface area (Å²) in [4.78, 5) is 52.4. The Balaban J connectivity index is 0.0000000844. The molecule has 27 aromatic rings. The van der Waals surface area contributed by atoms with Crippen LogP contribution in [0.15, 0.2) is 347 Å². The lowest BCUT2D eigenvalue weighted by Gasteiger charge is -2.10. The molecule has 0 fully saturated rings. The number of nitrogens with zero attached hydrogens (tertiary/aromatic N) is 17. The van der Waals surface area contributed by atoms with Crippen molar-refractivity contribution < 1.29 is 0 Å². The van der Waals surface area contributed by atoms with Crippen LogP contribution < -0.4 is 0 Å². The van der Waals surface area contributed by atoms with Gasteiger partial charge in [-0.25, -0.2) is 19.9 Å². The molecule has 15 aromatic heterocycles. The second-order valence-electron chi connectivity index (χ2n) is 38.5. The van der Waals surface area contributed by atoms with Gasteiger partial charge < -0.3 is 0 Å². The van der Waals surface area contributed by atoms with Crippen molar-refractivity contribution >= 4 is 127 Å². The number of hydrogen-bond acceptors (Lipinski definition) is 13. The summed E-state index contributed by atoms with van der Waals surface area (Å²) in [6, 6.07) is 99.6. The van der Waals surface area contributed by atoms with E-state index in [0.29, 0.717) is 0 Å². The van der Waals surface area contributed by atoms with Gasteiger partial charge >= 0.3 is 0 Å². The highest BCUT2D eigenvalue weighted by Crippen LogP contribution is 2.53. The number of fused-ring (bicyclic) bond motifs is 49. The second kappa shape index (κ2) is 28.6. The molecule has 0 amide bonds. The predicted octanol–water partition coefficient (Wildman–Crippen LogP) is 26.2. The van der Waals surface area contributed by atoms with Crippen LogP contribution in [-0.2, 0) is 51.4 Å². The SMILES string of the molecule is c1ccc2c(c1)Cc1cc3c(cc1-2)Cc1cc2nc4c5ccncc5c5ncccc5n4c2cc1-3.c1ccc2c(c1)Cc1cc3c(cc1-2)Cc1cc2nc4c5cnccc5c5ncccc5n4c2cc1-3.c1ccc2c(c1)Cc1cc3c(cc1-2)Cc1cc2nc4c5ncccc5c5ncccc5n4c2cc1-3.c1cncc(-c2nc3cc4c(cc3n2-c2ccnnc2)-c2cc3c(cc2C4)-c2ccccc2C3)c1. The molecule has 17 heteroatoms. The molecule has 15 heterocycles. The van der Waals surface area contributed by atoms with Crippen LogP contribution in [-0.4, -0.2) is 82.8 Å². The molecule has 12 aromatic carbocycles. The van der Waals surface area contributed by atoms with E-state index < -0.39 is 0 Å². The van der Waals surface area contributed by atoms with Gasteiger partial charge in [0.25, 0.3) is 0 Å². The average molecular weight is 1790 g/mol. The molecule has 0 bridgehead atoms. The zero-order valence-corrected chi connectivity index (χ0v) is 75.2. The summed E-state index contributed by atoms with van der Waals surface area (Å²) in [5.74, 6) is 0.856. The lowest BCUT2D eigenvalue weighted by molar-refractivity contribution is 0.986. The molecule has 8 aliphatic rings. The monoisotopic (exact) mass is 1790 g/mol. The van der Waals surface area contributed by atoms with Crippen LogP contribution in [0.4, 0.5) is 0 Å². The van der Waals surface area contributed by atoms with E-state index in [1.165, 1.54) is 178 Å². The molecule has 0 aliphatic heterocycles. The number of pyridine rings is 10. The Bertz CT molecular complexity index is 9600. The van der Waals surface area contributed by atoms with Gasteiger partial charge in [-0.15, -0.1) is 0 Å². The maximum atomic E-state index is 5.13. The van der Waals surface area contributed by atoms with E-state index in [2.05, 4.69) is 267 Å². The van der Waals surface area contributed by atoms with E-state index in [0.717, 1.165) is 195 Å². The van der Waals surface area contributed by atoms with Crippen molar-refractivity contribution in [2.75, 3.05) is 0 Å². The first kappa shape index (κ1) is 76.0. The fourth-order valence-electron chi connectivity index (χ4n) is 24.9. The molecule has 0 saturated carbocycles. The zero-order valence-electron chi connectivity index (χ0n) is 75.2. The maximum absolute atomic E-state index is 5.13. The van der Waals surface area contributed by atoms with Gasteiger partial charge in [0.15, 0.2) is 5.65 Å². The van der Waals surface area contributed by atoms with Gasteiger partial charge in [0.1, 0.15) is 22.6 Å². The Morgan fingerprint density at radius 3 is 0.979 bits per heavy atom. The predicted molar refractivity (Wildman–Crippen MR) is 556 cm³/mol. The molecule has 650 valence electrons. The number of benzene rings is 12. The standard InChI is InChI=1S/3C31H18N4.C30H19N5/c1-2-6-21-17(5-1)11-18-14-24-19(13-23(18)21)12-20-15-26-28(16-25(20)24)35-27-8-4-10-32-29(27)22-7-3-9-33-30(22)31(35)34-26;1-2-5-21-17(4-1)10-18-13-24-19(12-23(18)21)11-20-14-27-29(15-25(20)24)35-28-6-3-8-33-30(28)26-16-32-9-7-22(26)31(35)34-27;1-2-5-21-17(4-1)10-18-13-24-19(12-23(18)21)11-20-14-27-29(15-25(20)24)35-28-6-3-8-33-30(28)22-7-9-32-16-26(22)31(35)34-27;1-2-6-24-18(4-1)10-20-13-26-21(12-25(20)24)11-22-14-28-29(15-27(22)26)35(23-7-9-32-33-17-23)30(34-28)19-5-3-8-31-16-19/h1-10,13-16H,11-12H2;2*1-9,12-16H,10-11H2;1-9,12-17H,10-11H2. The fraction of sp³-hybridized carbons (Fsp3) is 0.0650. The average Bonchev–Trinajstić information content (AvgIpc) is 1.53. The Hall–Kier alpha value is -18.4. The van der Waals surface area contributed by atoms with Crippen LogP contribution in [0.25, 0.3) is 233 Å². The zero-order chi connectivity index (χ0) is 91.0. The maximum Gasteiger partial charge on any atom is 0.165 e. The molecule has 0 N–H and O–H groups in total. The number of imidazole rings is 4. The fourth-order valence-corrected chi connectivity index (χ4v) is 24.9. The second-order valence-corrected chi connectivity index (χ2v) is 38.5. The molecule has 35 rings (SSSR count). The van der Waals surface area contributed by atoms with E-state index in [1.54, 1.807) is 18.6 Å². The van der Waals surface area contributed by atoms with Gasteiger partial charge in [-0.3, -0.25) is 52.7 Å². The summed E-state index contributed by atoms with van der Waals surface area (Å²) in [6.07, 6.45) is 29.9. The molecule has 0 atom stereocenters. The van der Waals surface area contributed by atoms with Crippen molar-refractivity contribution in [3.8, 4) is 106 Å². The number of hydrogen-bond donors (Lipinski definition) is 0. The highest BCUT2D eigenvalue weighted by molar-refractivity contribution is 6.15. The van der Waals surface area contributed by atoms with E-state index >= 15 is 0 Å². The Morgan fingerprint density at radius 1 is 0.193 bits per heavy atom. The number of rotatable bonds is 2. The molecule has 0 saturated heterocycles. The van der Waals surface area contributed by atoms with Crippen LogP contribution in [0.1, 0.15) is 89.0 Å². The Morgan fingerprint density at radius 2 is 0.536 bits per heavy atom. The summed E-state index contributed by atoms with van der Waals surface area (Å²) in [5.41, 5.74) is 64.5. The molecule has 8 aliphatic carbocycles. The van der Waals surface area contributed by atoms with Crippen LogP contribution >= 0.6 is 0 Å². The lowest BCUT2D eigenvalue weighted by atomic mass is 9.98. The van der Waals surface area contributed by atoms with Gasteiger partial charge in [-0.1, -0.05) is 97.1 Å². The summed E-state index contributed by atoms with van der Waals surface area (Å²) in [5, 5.41) is 13.4. The molecule has 0 unspecified atom stereocenters. The van der Waals surface area contributed by atoms with Crippen molar-refractivity contribution in [2.24, 2.45) is 0 Å². The van der Waals surface area contributed by atoms with Gasteiger partial charge in [0, 0.05) is 94.5 Å². The van der Waals surface area contributed by atoms with Crippen LogP contribution in [0.2, 0.25) is 0 Å². The van der Waals surface area contributed by atoms with Crippen molar-refractivity contribution in [2.45, 2.75) is 51.4 Å². The Labute approximate surface area is 797 Å². The Kier molecular flexibility index (Phi) is 15.5. The minimum Gasteiger partial charge on any atom is -0.291 e. The quantitative estimate of drug-likeness (QED) is 0.149. The van der Waals surface area contributed by atoms with Crippen molar-refractivity contribution in [1.82, 2.24) is 82.8 Å². The summed E-state index contributed by atoms with van der Waals surface area (Å²) in [6.45, 7) is 0. The summed E-state index contributed by atoms with van der Waals surface area (Å²) in [7, 11) is 0. The molecule has 140 heavy (non-hydrogen) atoms. The summed E-state index contributed by atoms with van der Waals surface area (Å²) < 4.78 is 8.96. The highest BCUT2D eigenvalue weighted by Gasteiger charge is 2.34. The smallest absolute Gasteiger partial charge is 0.165 e. The van der Waals surface area contributed by atoms with Crippen LogP contribution in [0.3, 0.4) is 0 Å². The molecule has 17 nitrogen and oxygen atoms in total. The first-order valence-electron chi connectivity index (χ1n) is 47.9. The number of aromatic nitrogens is 17. The third-order valence-corrected chi connectivity index (χ3v) is 31.0. The first-order valence-corrected chi connectivity index (χ1v) is 47.9. The summed E-state index contributed by atoms with van der Waals surface area (Å²) >= 11 is 0. The van der Waals surface area contributed by atoms with Crippen molar-refractivity contribution in [3.05, 3.63) is 436 Å². The van der Waals surface area contributed by atoms with Gasteiger partial charge in [0.05, 0.1) is 95.3 Å². The normalized spacial score (nSPS) is 13.3. The minimum absolute atomic E-state index is 0.856. The van der Waals surface area contributed by atoms with E-state index in [4.69, 9.17) is 39.9 Å². The van der Waals surface area contributed by atoms with Crippen LogP contribution in [0.5, 0.6) is 0 Å². The van der Waals surface area contributed by atoms with Crippen molar-refractivity contribution in [3.63, 3.8) is 0 Å². The van der Waals surface area contributed by atoms with Gasteiger partial charge in [-0.05, 0) is 405 Å². The topological polar surface area (TPSA) is 186 Å². The molecular weight excluding hydrogens is 1720 g/mol. The van der Waals surface area contributed by atoms with Gasteiger partial charge in [-0.2, -0.15) is 10.2 Å². The molecular formula is C123H73N17. The van der Waals surface area contributed by atoms with Gasteiger partial charge in [0.2, 0.25) is 0 Å².